The fourth-order valence-corrected chi connectivity index (χ4v) is 4.76. The van der Waals surface area contributed by atoms with Crippen molar-refractivity contribution in [3.05, 3.63) is 0 Å². The largest absolute Gasteiger partial charge is 0.313 e. The Morgan fingerprint density at radius 3 is 2.44 bits per heavy atom. The zero-order valence-electron chi connectivity index (χ0n) is 12.1. The Balaban J connectivity index is 1.60. The van der Waals surface area contributed by atoms with Crippen LogP contribution in [0.25, 0.3) is 0 Å². The van der Waals surface area contributed by atoms with E-state index in [1.54, 1.807) is 0 Å². The minimum atomic E-state index is 0.743. The molecular weight excluding hydrogens is 220 g/mol. The molecule has 3 aliphatic rings. The summed E-state index contributed by atoms with van der Waals surface area (Å²) in [4.78, 5) is 2.82. The molecule has 3 fully saturated rings. The molecule has 1 spiro atoms. The van der Waals surface area contributed by atoms with Gasteiger partial charge in [0.05, 0.1) is 0 Å². The Labute approximate surface area is 113 Å². The van der Waals surface area contributed by atoms with E-state index in [1.807, 2.05) is 0 Å². The first-order valence-electron chi connectivity index (χ1n) is 8.31. The average Bonchev–Trinajstić information content (AvgIpc) is 2.90. The van der Waals surface area contributed by atoms with E-state index in [0.29, 0.717) is 0 Å². The topological polar surface area (TPSA) is 15.3 Å². The molecule has 2 atom stereocenters. The van der Waals surface area contributed by atoms with Crippen LogP contribution in [0.2, 0.25) is 0 Å². The minimum absolute atomic E-state index is 0.743. The number of nitrogens with zero attached hydrogens (tertiary/aromatic N) is 1. The van der Waals surface area contributed by atoms with Gasteiger partial charge < -0.3 is 5.32 Å². The second-order valence-electron chi connectivity index (χ2n) is 6.86. The molecule has 0 amide bonds. The summed E-state index contributed by atoms with van der Waals surface area (Å²) < 4.78 is 0. The van der Waals surface area contributed by atoms with Crippen LogP contribution in [0.15, 0.2) is 0 Å². The van der Waals surface area contributed by atoms with Crippen LogP contribution in [-0.2, 0) is 0 Å². The highest BCUT2D eigenvalue weighted by atomic mass is 15.2. The zero-order valence-corrected chi connectivity index (χ0v) is 12.1. The molecule has 0 aromatic carbocycles. The summed E-state index contributed by atoms with van der Waals surface area (Å²) in [6, 6.07) is 1.70. The number of hydrogen-bond donors (Lipinski definition) is 1. The molecule has 0 radical (unpaired) electrons. The first-order chi connectivity index (χ1) is 8.84. The molecule has 0 bridgehead atoms. The summed E-state index contributed by atoms with van der Waals surface area (Å²) in [5.74, 6) is 0. The summed E-state index contributed by atoms with van der Waals surface area (Å²) in [7, 11) is 0. The van der Waals surface area contributed by atoms with Crippen molar-refractivity contribution in [1.29, 1.82) is 0 Å². The van der Waals surface area contributed by atoms with Gasteiger partial charge in [-0.2, -0.15) is 0 Å². The molecule has 0 aromatic heterocycles. The molecule has 104 valence electrons. The fourth-order valence-electron chi connectivity index (χ4n) is 4.76. The number of nitrogens with one attached hydrogen (secondary N) is 1. The smallest absolute Gasteiger partial charge is 0.0195 e. The van der Waals surface area contributed by atoms with Gasteiger partial charge in [-0.1, -0.05) is 26.2 Å². The van der Waals surface area contributed by atoms with Crippen molar-refractivity contribution in [2.75, 3.05) is 19.6 Å². The van der Waals surface area contributed by atoms with E-state index in [-0.39, 0.29) is 0 Å². The predicted molar refractivity (Wildman–Crippen MR) is 76.8 cm³/mol. The molecule has 1 saturated heterocycles. The lowest BCUT2D eigenvalue weighted by atomic mass is 9.57. The monoisotopic (exact) mass is 250 g/mol. The molecule has 2 unspecified atom stereocenters. The van der Waals surface area contributed by atoms with Crippen LogP contribution in [0, 0.1) is 5.41 Å². The minimum Gasteiger partial charge on any atom is -0.313 e. The lowest BCUT2D eigenvalue weighted by Crippen LogP contribution is -2.58. The summed E-state index contributed by atoms with van der Waals surface area (Å²) in [5, 5.41) is 3.67. The van der Waals surface area contributed by atoms with Crippen LogP contribution < -0.4 is 5.32 Å². The number of rotatable bonds is 4. The maximum Gasteiger partial charge on any atom is 0.0195 e. The van der Waals surface area contributed by atoms with E-state index in [1.165, 1.54) is 77.4 Å². The van der Waals surface area contributed by atoms with E-state index in [9.17, 15) is 0 Å². The maximum absolute atomic E-state index is 3.67. The maximum atomic E-state index is 3.67. The third-order valence-electron chi connectivity index (χ3n) is 5.94. The van der Waals surface area contributed by atoms with Gasteiger partial charge in [0.1, 0.15) is 0 Å². The standard InChI is InChI=1S/C16H30N2/c1-2-18(13-14-7-6-12-17-14)15-8-11-16(15)9-4-3-5-10-16/h14-15,17H,2-13H2,1H3. The molecule has 1 heterocycles. The van der Waals surface area contributed by atoms with Crippen LogP contribution in [0.1, 0.15) is 64.7 Å². The van der Waals surface area contributed by atoms with Crippen molar-refractivity contribution in [2.24, 2.45) is 5.41 Å². The molecule has 18 heavy (non-hydrogen) atoms. The molecular formula is C16H30N2. The van der Waals surface area contributed by atoms with Crippen molar-refractivity contribution in [3.63, 3.8) is 0 Å². The highest BCUT2D eigenvalue weighted by Crippen LogP contribution is 2.53. The van der Waals surface area contributed by atoms with Crippen molar-refractivity contribution in [2.45, 2.75) is 76.8 Å². The lowest BCUT2D eigenvalue weighted by molar-refractivity contribution is -0.0533. The number of likely N-dealkylation sites (N-methyl/N-ethyl adjacent to an activating group) is 1. The highest BCUT2D eigenvalue weighted by Gasteiger charge is 2.49. The van der Waals surface area contributed by atoms with E-state index >= 15 is 0 Å². The van der Waals surface area contributed by atoms with Crippen LogP contribution in [0.3, 0.4) is 0 Å². The lowest BCUT2D eigenvalue weighted by Gasteiger charge is -2.56. The highest BCUT2D eigenvalue weighted by molar-refractivity contribution is 5.03. The van der Waals surface area contributed by atoms with Gasteiger partial charge in [-0.05, 0) is 57.0 Å². The molecule has 0 aromatic rings. The van der Waals surface area contributed by atoms with Crippen LogP contribution in [0.5, 0.6) is 0 Å². The van der Waals surface area contributed by atoms with Crippen molar-refractivity contribution >= 4 is 0 Å². The Hall–Kier alpha value is -0.0800. The summed E-state index contributed by atoms with van der Waals surface area (Å²) in [6.45, 7) is 6.18. The molecule has 2 nitrogen and oxygen atoms in total. The van der Waals surface area contributed by atoms with Gasteiger partial charge in [0.2, 0.25) is 0 Å². The Morgan fingerprint density at radius 2 is 1.89 bits per heavy atom. The van der Waals surface area contributed by atoms with Gasteiger partial charge in [-0.3, -0.25) is 4.90 Å². The van der Waals surface area contributed by atoms with E-state index in [2.05, 4.69) is 17.1 Å². The molecule has 1 N–H and O–H groups in total. The number of hydrogen-bond acceptors (Lipinski definition) is 2. The van der Waals surface area contributed by atoms with Gasteiger partial charge in [-0.25, -0.2) is 0 Å². The third-order valence-corrected chi connectivity index (χ3v) is 5.94. The Bertz CT molecular complexity index is 264. The van der Waals surface area contributed by atoms with E-state index < -0.39 is 0 Å². The van der Waals surface area contributed by atoms with Crippen LogP contribution >= 0.6 is 0 Å². The SMILES string of the molecule is CCN(CC1CCCN1)C1CCC12CCCCC2. The fraction of sp³-hybridized carbons (Fsp3) is 1.00. The normalized spacial score (nSPS) is 35.0. The molecule has 2 saturated carbocycles. The van der Waals surface area contributed by atoms with E-state index in [4.69, 9.17) is 0 Å². The van der Waals surface area contributed by atoms with Crippen LogP contribution in [-0.4, -0.2) is 36.6 Å². The summed E-state index contributed by atoms with van der Waals surface area (Å²) in [6.07, 6.45) is 13.3. The average molecular weight is 250 g/mol. The first-order valence-corrected chi connectivity index (χ1v) is 8.31. The molecule has 3 rings (SSSR count). The van der Waals surface area contributed by atoms with Gasteiger partial charge in [0, 0.05) is 18.6 Å². The van der Waals surface area contributed by atoms with E-state index in [0.717, 1.165) is 17.5 Å². The summed E-state index contributed by atoms with van der Waals surface area (Å²) >= 11 is 0. The zero-order chi connectivity index (χ0) is 12.4. The first kappa shape index (κ1) is 12.9. The second-order valence-corrected chi connectivity index (χ2v) is 6.86. The predicted octanol–water partition coefficient (Wildman–Crippen LogP) is 3.17. The quantitative estimate of drug-likeness (QED) is 0.824. The molecule has 2 heteroatoms. The molecule has 2 aliphatic carbocycles. The van der Waals surface area contributed by atoms with Gasteiger partial charge in [0.25, 0.3) is 0 Å². The Kier molecular flexibility index (Phi) is 3.95. The summed E-state index contributed by atoms with van der Waals surface area (Å²) in [5.41, 5.74) is 0.743. The Morgan fingerprint density at radius 1 is 1.06 bits per heavy atom. The van der Waals surface area contributed by atoms with Crippen molar-refractivity contribution in [1.82, 2.24) is 10.2 Å². The van der Waals surface area contributed by atoms with Gasteiger partial charge >= 0.3 is 0 Å². The van der Waals surface area contributed by atoms with Crippen molar-refractivity contribution < 1.29 is 0 Å². The third kappa shape index (κ3) is 2.34. The second kappa shape index (κ2) is 5.50. The van der Waals surface area contributed by atoms with Gasteiger partial charge in [0.15, 0.2) is 0 Å². The van der Waals surface area contributed by atoms with Crippen molar-refractivity contribution in [3.8, 4) is 0 Å². The van der Waals surface area contributed by atoms with Crippen LogP contribution in [0.4, 0.5) is 0 Å². The molecule has 1 aliphatic heterocycles. The van der Waals surface area contributed by atoms with Gasteiger partial charge in [-0.15, -0.1) is 0 Å².